The Labute approximate surface area is 108 Å². The second-order valence-electron chi connectivity index (χ2n) is 4.59. The van der Waals surface area contributed by atoms with Crippen LogP contribution in [-0.2, 0) is 0 Å². The molecule has 0 atom stereocenters. The Hall–Kier alpha value is -0.540. The van der Waals surface area contributed by atoms with Crippen molar-refractivity contribution in [3.05, 3.63) is 30.1 Å². The van der Waals surface area contributed by atoms with Crippen LogP contribution in [-0.4, -0.2) is 18.8 Å². The molecule has 3 heteroatoms. The zero-order valence-corrected chi connectivity index (χ0v) is 11.5. The molecule has 1 N–H and O–H groups in total. The van der Waals surface area contributed by atoms with Gasteiger partial charge in [-0.1, -0.05) is 19.9 Å². The van der Waals surface area contributed by atoms with Gasteiger partial charge in [-0.05, 0) is 43.5 Å². The maximum absolute atomic E-state index is 12.9. The normalized spacial score (nSPS) is 11.1. The van der Waals surface area contributed by atoms with Crippen LogP contribution in [0.4, 0.5) is 4.39 Å². The molecule has 17 heavy (non-hydrogen) atoms. The van der Waals surface area contributed by atoms with E-state index in [2.05, 4.69) is 19.2 Å². The third kappa shape index (κ3) is 7.40. The zero-order chi connectivity index (χ0) is 12.5. The molecule has 0 spiro atoms. The molecule has 96 valence electrons. The summed E-state index contributed by atoms with van der Waals surface area (Å²) >= 11 is 1.70. The summed E-state index contributed by atoms with van der Waals surface area (Å²) in [6.45, 7) is 6.57. The number of hydrogen-bond donors (Lipinski definition) is 1. The molecule has 0 aromatic heterocycles. The topological polar surface area (TPSA) is 12.0 Å². The van der Waals surface area contributed by atoms with Crippen molar-refractivity contribution < 1.29 is 4.39 Å². The van der Waals surface area contributed by atoms with Gasteiger partial charge in [0.15, 0.2) is 0 Å². The van der Waals surface area contributed by atoms with Crippen LogP contribution in [0.1, 0.15) is 26.7 Å². The summed E-state index contributed by atoms with van der Waals surface area (Å²) in [4.78, 5) is 1.01. The van der Waals surface area contributed by atoms with Gasteiger partial charge in [0.1, 0.15) is 5.82 Å². The summed E-state index contributed by atoms with van der Waals surface area (Å²) in [6.07, 6.45) is 2.52. The van der Waals surface area contributed by atoms with E-state index in [1.807, 2.05) is 6.07 Å². The number of rotatable bonds is 8. The second kappa shape index (κ2) is 8.54. The molecular formula is C14H22FNS. The molecule has 1 rings (SSSR count). The minimum absolute atomic E-state index is 0.153. The molecule has 0 heterocycles. The second-order valence-corrected chi connectivity index (χ2v) is 5.76. The van der Waals surface area contributed by atoms with Crippen LogP contribution >= 0.6 is 11.8 Å². The van der Waals surface area contributed by atoms with E-state index in [0.717, 1.165) is 29.7 Å². The lowest BCUT2D eigenvalue weighted by atomic mass is 10.1. The standard InChI is InChI=1S/C14H22FNS/c1-12(2)5-4-8-16-9-10-17-14-7-3-6-13(15)11-14/h3,6-7,11-12,16H,4-5,8-10H2,1-2H3. The first-order valence-corrected chi connectivity index (χ1v) is 7.26. The average Bonchev–Trinajstić information content (AvgIpc) is 2.27. The van der Waals surface area contributed by atoms with E-state index in [1.54, 1.807) is 23.9 Å². The van der Waals surface area contributed by atoms with Gasteiger partial charge in [0.2, 0.25) is 0 Å². The molecule has 0 saturated heterocycles. The summed E-state index contributed by atoms with van der Waals surface area (Å²) in [5.74, 6) is 1.63. The Bertz CT molecular complexity index is 315. The Morgan fingerprint density at radius 3 is 2.82 bits per heavy atom. The van der Waals surface area contributed by atoms with Crippen LogP contribution in [0.25, 0.3) is 0 Å². The largest absolute Gasteiger partial charge is 0.316 e. The predicted octanol–water partition coefficient (Wildman–Crippen LogP) is 3.94. The van der Waals surface area contributed by atoms with Crippen LogP contribution in [0.5, 0.6) is 0 Å². The van der Waals surface area contributed by atoms with E-state index in [4.69, 9.17) is 0 Å². The smallest absolute Gasteiger partial charge is 0.124 e. The van der Waals surface area contributed by atoms with Gasteiger partial charge in [-0.3, -0.25) is 0 Å². The molecule has 1 aromatic carbocycles. The molecule has 0 amide bonds. The highest BCUT2D eigenvalue weighted by Gasteiger charge is 1.96. The molecule has 0 aliphatic heterocycles. The first kappa shape index (κ1) is 14.5. The van der Waals surface area contributed by atoms with Crippen molar-refractivity contribution in [1.29, 1.82) is 0 Å². The van der Waals surface area contributed by atoms with E-state index < -0.39 is 0 Å². The highest BCUT2D eigenvalue weighted by atomic mass is 32.2. The molecular weight excluding hydrogens is 233 g/mol. The lowest BCUT2D eigenvalue weighted by Gasteiger charge is -2.06. The zero-order valence-electron chi connectivity index (χ0n) is 10.7. The van der Waals surface area contributed by atoms with Gasteiger partial charge < -0.3 is 5.32 Å². The van der Waals surface area contributed by atoms with E-state index in [9.17, 15) is 4.39 Å². The molecule has 0 unspecified atom stereocenters. The monoisotopic (exact) mass is 255 g/mol. The molecule has 1 aromatic rings. The van der Waals surface area contributed by atoms with E-state index in [1.165, 1.54) is 18.9 Å². The summed E-state index contributed by atoms with van der Waals surface area (Å²) in [7, 11) is 0. The SMILES string of the molecule is CC(C)CCCNCCSc1cccc(F)c1. The minimum atomic E-state index is -0.153. The van der Waals surface area contributed by atoms with E-state index in [0.29, 0.717) is 0 Å². The number of hydrogen-bond acceptors (Lipinski definition) is 2. The Kier molecular flexibility index (Phi) is 7.29. The van der Waals surface area contributed by atoms with Gasteiger partial charge in [0.05, 0.1) is 0 Å². The van der Waals surface area contributed by atoms with Crippen LogP contribution < -0.4 is 5.32 Å². The highest BCUT2D eigenvalue weighted by Crippen LogP contribution is 2.17. The molecule has 0 aliphatic rings. The van der Waals surface area contributed by atoms with Crippen LogP contribution in [0.3, 0.4) is 0 Å². The fraction of sp³-hybridized carbons (Fsp3) is 0.571. The van der Waals surface area contributed by atoms with Crippen molar-refractivity contribution >= 4 is 11.8 Å². The Morgan fingerprint density at radius 1 is 1.29 bits per heavy atom. The van der Waals surface area contributed by atoms with Crippen molar-refractivity contribution in [3.8, 4) is 0 Å². The average molecular weight is 255 g/mol. The third-order valence-electron chi connectivity index (χ3n) is 2.48. The van der Waals surface area contributed by atoms with E-state index in [-0.39, 0.29) is 5.82 Å². The summed E-state index contributed by atoms with van der Waals surface area (Å²) in [5.41, 5.74) is 0. The molecule has 0 fully saturated rings. The molecule has 0 radical (unpaired) electrons. The van der Waals surface area contributed by atoms with Crippen LogP contribution in [0, 0.1) is 11.7 Å². The Morgan fingerprint density at radius 2 is 2.12 bits per heavy atom. The first-order valence-electron chi connectivity index (χ1n) is 6.27. The Balaban J connectivity index is 2.01. The van der Waals surface area contributed by atoms with Gasteiger partial charge in [0, 0.05) is 17.2 Å². The fourth-order valence-electron chi connectivity index (χ4n) is 1.56. The molecule has 0 saturated carbocycles. The number of halogens is 1. The number of thioether (sulfide) groups is 1. The van der Waals surface area contributed by atoms with Crippen molar-refractivity contribution in [3.63, 3.8) is 0 Å². The first-order chi connectivity index (χ1) is 8.18. The molecule has 0 aliphatic carbocycles. The van der Waals surface area contributed by atoms with Gasteiger partial charge in [-0.15, -0.1) is 11.8 Å². The molecule has 0 bridgehead atoms. The van der Waals surface area contributed by atoms with Crippen molar-refractivity contribution in [2.75, 3.05) is 18.8 Å². The quantitative estimate of drug-likeness (QED) is 0.558. The van der Waals surface area contributed by atoms with Gasteiger partial charge in [-0.25, -0.2) is 4.39 Å². The lowest BCUT2D eigenvalue weighted by Crippen LogP contribution is -2.18. The van der Waals surface area contributed by atoms with Gasteiger partial charge >= 0.3 is 0 Å². The van der Waals surface area contributed by atoms with Crippen LogP contribution in [0.2, 0.25) is 0 Å². The van der Waals surface area contributed by atoms with E-state index >= 15 is 0 Å². The third-order valence-corrected chi connectivity index (χ3v) is 3.47. The molecule has 1 nitrogen and oxygen atoms in total. The van der Waals surface area contributed by atoms with Crippen molar-refractivity contribution in [2.24, 2.45) is 5.92 Å². The van der Waals surface area contributed by atoms with Gasteiger partial charge in [0.25, 0.3) is 0 Å². The fourth-order valence-corrected chi connectivity index (χ4v) is 2.41. The summed E-state index contributed by atoms with van der Waals surface area (Å²) < 4.78 is 12.9. The highest BCUT2D eigenvalue weighted by molar-refractivity contribution is 7.99. The van der Waals surface area contributed by atoms with Crippen molar-refractivity contribution in [1.82, 2.24) is 5.32 Å². The maximum Gasteiger partial charge on any atom is 0.124 e. The number of nitrogens with one attached hydrogen (secondary N) is 1. The summed E-state index contributed by atoms with van der Waals surface area (Å²) in [6, 6.07) is 6.78. The van der Waals surface area contributed by atoms with Crippen molar-refractivity contribution in [2.45, 2.75) is 31.6 Å². The minimum Gasteiger partial charge on any atom is -0.316 e. The maximum atomic E-state index is 12.9. The van der Waals surface area contributed by atoms with Gasteiger partial charge in [-0.2, -0.15) is 0 Å². The predicted molar refractivity (Wildman–Crippen MR) is 74.1 cm³/mol. The summed E-state index contributed by atoms with van der Waals surface area (Å²) in [5, 5.41) is 3.41. The number of benzene rings is 1. The lowest BCUT2D eigenvalue weighted by molar-refractivity contribution is 0.534. The van der Waals surface area contributed by atoms with Crippen LogP contribution in [0.15, 0.2) is 29.2 Å².